The average Bonchev–Trinajstić information content (AvgIpc) is 2.83. The summed E-state index contributed by atoms with van der Waals surface area (Å²) in [5.41, 5.74) is 5.32. The number of hydrogen-bond donors (Lipinski definition) is 0. The standard InChI is InChI=1S/C18H16ClN3/c1-12-10-16-17(11-13(12)2)22(9-5-8-20)18(21-16)14-6-3-4-7-15(14)19/h3-4,6-7,10-11H,5,9H2,1-2H3. The molecule has 4 heteroatoms. The summed E-state index contributed by atoms with van der Waals surface area (Å²) in [6.45, 7) is 4.78. The van der Waals surface area contributed by atoms with Crippen LogP contribution in [-0.4, -0.2) is 9.55 Å². The summed E-state index contributed by atoms with van der Waals surface area (Å²) < 4.78 is 2.09. The Morgan fingerprint density at radius 2 is 1.91 bits per heavy atom. The van der Waals surface area contributed by atoms with Gasteiger partial charge in [0.25, 0.3) is 0 Å². The van der Waals surface area contributed by atoms with Gasteiger partial charge in [-0.2, -0.15) is 5.26 Å². The first-order chi connectivity index (χ1) is 10.6. The summed E-state index contributed by atoms with van der Waals surface area (Å²) >= 11 is 6.34. The molecule has 22 heavy (non-hydrogen) atoms. The molecule has 0 aliphatic heterocycles. The molecule has 2 aromatic carbocycles. The molecule has 110 valence electrons. The first kappa shape index (κ1) is 14.6. The summed E-state index contributed by atoms with van der Waals surface area (Å²) in [6.07, 6.45) is 0.440. The SMILES string of the molecule is Cc1cc2nc(-c3ccccc3Cl)n(CCC#N)c2cc1C. The van der Waals surface area contributed by atoms with Crippen LogP contribution in [0.25, 0.3) is 22.4 Å². The van der Waals surface area contributed by atoms with Gasteiger partial charge in [-0.05, 0) is 49.2 Å². The van der Waals surface area contributed by atoms with Crippen molar-refractivity contribution in [3.05, 3.63) is 52.5 Å². The smallest absolute Gasteiger partial charge is 0.142 e. The fourth-order valence-electron chi connectivity index (χ4n) is 2.62. The lowest BCUT2D eigenvalue weighted by atomic mass is 10.1. The summed E-state index contributed by atoms with van der Waals surface area (Å²) in [6, 6.07) is 14.1. The van der Waals surface area contributed by atoms with Gasteiger partial charge in [0, 0.05) is 12.1 Å². The van der Waals surface area contributed by atoms with E-state index in [1.807, 2.05) is 24.3 Å². The number of benzene rings is 2. The lowest BCUT2D eigenvalue weighted by molar-refractivity contribution is 0.744. The maximum atomic E-state index is 8.94. The molecule has 3 nitrogen and oxygen atoms in total. The molecule has 0 fully saturated rings. The molecule has 0 spiro atoms. The maximum absolute atomic E-state index is 8.94. The van der Waals surface area contributed by atoms with Crippen LogP contribution in [0.2, 0.25) is 5.02 Å². The van der Waals surface area contributed by atoms with Crippen LogP contribution in [0.15, 0.2) is 36.4 Å². The summed E-state index contributed by atoms with van der Waals surface area (Å²) in [7, 11) is 0. The molecule has 0 saturated heterocycles. The largest absolute Gasteiger partial charge is 0.323 e. The molecule has 0 radical (unpaired) electrons. The molecule has 0 unspecified atom stereocenters. The first-order valence-corrected chi connectivity index (χ1v) is 7.59. The molecular weight excluding hydrogens is 294 g/mol. The minimum Gasteiger partial charge on any atom is -0.323 e. The highest BCUT2D eigenvalue weighted by Crippen LogP contribution is 2.31. The van der Waals surface area contributed by atoms with Crippen LogP contribution in [0.1, 0.15) is 17.5 Å². The number of imidazole rings is 1. The molecule has 1 aromatic heterocycles. The Bertz CT molecular complexity index is 887. The van der Waals surface area contributed by atoms with Crippen LogP contribution in [0.4, 0.5) is 0 Å². The Kier molecular flexibility index (Phi) is 3.87. The Balaban J connectivity index is 2.29. The lowest BCUT2D eigenvalue weighted by Gasteiger charge is -2.09. The van der Waals surface area contributed by atoms with Crippen molar-refractivity contribution < 1.29 is 0 Å². The second-order valence-electron chi connectivity index (χ2n) is 5.40. The van der Waals surface area contributed by atoms with E-state index in [2.05, 4.69) is 36.6 Å². The number of aryl methyl sites for hydroxylation is 3. The number of aromatic nitrogens is 2. The third kappa shape index (κ3) is 2.47. The van der Waals surface area contributed by atoms with E-state index < -0.39 is 0 Å². The fraction of sp³-hybridized carbons (Fsp3) is 0.222. The van der Waals surface area contributed by atoms with E-state index in [1.165, 1.54) is 11.1 Å². The Morgan fingerprint density at radius 1 is 1.18 bits per heavy atom. The fourth-order valence-corrected chi connectivity index (χ4v) is 2.84. The van der Waals surface area contributed by atoms with E-state index in [1.54, 1.807) is 0 Å². The summed E-state index contributed by atoms with van der Waals surface area (Å²) in [5, 5.41) is 9.61. The molecule has 1 heterocycles. The predicted octanol–water partition coefficient (Wildman–Crippen LogP) is 4.89. The molecule has 0 bridgehead atoms. The molecule has 0 aliphatic carbocycles. The van der Waals surface area contributed by atoms with E-state index in [4.69, 9.17) is 21.8 Å². The topological polar surface area (TPSA) is 41.6 Å². The van der Waals surface area contributed by atoms with Gasteiger partial charge in [0.2, 0.25) is 0 Å². The number of fused-ring (bicyclic) bond motifs is 1. The monoisotopic (exact) mass is 309 g/mol. The van der Waals surface area contributed by atoms with Crippen LogP contribution >= 0.6 is 11.6 Å². The number of hydrogen-bond acceptors (Lipinski definition) is 2. The van der Waals surface area contributed by atoms with Gasteiger partial charge in [-0.1, -0.05) is 23.7 Å². The Labute approximate surface area is 134 Å². The Morgan fingerprint density at radius 3 is 2.64 bits per heavy atom. The molecular formula is C18H16ClN3. The first-order valence-electron chi connectivity index (χ1n) is 7.21. The maximum Gasteiger partial charge on any atom is 0.142 e. The predicted molar refractivity (Wildman–Crippen MR) is 89.9 cm³/mol. The zero-order chi connectivity index (χ0) is 15.7. The highest BCUT2D eigenvalue weighted by Gasteiger charge is 2.15. The van der Waals surface area contributed by atoms with Crippen LogP contribution in [0.3, 0.4) is 0 Å². The molecule has 0 aliphatic rings. The number of halogens is 1. The van der Waals surface area contributed by atoms with Crippen molar-refractivity contribution in [3.8, 4) is 17.5 Å². The van der Waals surface area contributed by atoms with Gasteiger partial charge in [-0.3, -0.25) is 0 Å². The van der Waals surface area contributed by atoms with E-state index in [0.29, 0.717) is 18.0 Å². The van der Waals surface area contributed by atoms with Crippen molar-refractivity contribution >= 4 is 22.6 Å². The quantitative estimate of drug-likeness (QED) is 0.691. The van der Waals surface area contributed by atoms with Gasteiger partial charge >= 0.3 is 0 Å². The second kappa shape index (κ2) is 5.82. The van der Waals surface area contributed by atoms with Crippen molar-refractivity contribution in [2.24, 2.45) is 0 Å². The molecule has 3 rings (SSSR count). The van der Waals surface area contributed by atoms with Crippen molar-refractivity contribution in [2.45, 2.75) is 26.8 Å². The third-order valence-electron chi connectivity index (χ3n) is 3.93. The molecule has 0 saturated carbocycles. The molecule has 3 aromatic rings. The van der Waals surface area contributed by atoms with E-state index in [0.717, 1.165) is 22.4 Å². The van der Waals surface area contributed by atoms with E-state index in [-0.39, 0.29) is 0 Å². The van der Waals surface area contributed by atoms with Gasteiger partial charge < -0.3 is 4.57 Å². The van der Waals surface area contributed by atoms with Crippen LogP contribution in [0.5, 0.6) is 0 Å². The van der Waals surface area contributed by atoms with E-state index >= 15 is 0 Å². The van der Waals surface area contributed by atoms with Gasteiger partial charge in [0.15, 0.2) is 0 Å². The third-order valence-corrected chi connectivity index (χ3v) is 4.26. The van der Waals surface area contributed by atoms with Crippen molar-refractivity contribution in [3.63, 3.8) is 0 Å². The normalized spacial score (nSPS) is 10.8. The second-order valence-corrected chi connectivity index (χ2v) is 5.81. The van der Waals surface area contributed by atoms with Crippen LogP contribution < -0.4 is 0 Å². The van der Waals surface area contributed by atoms with E-state index in [9.17, 15) is 0 Å². The minimum absolute atomic E-state index is 0.440. The van der Waals surface area contributed by atoms with Crippen LogP contribution in [0, 0.1) is 25.2 Å². The highest BCUT2D eigenvalue weighted by molar-refractivity contribution is 6.33. The van der Waals surface area contributed by atoms with Gasteiger partial charge in [-0.15, -0.1) is 0 Å². The van der Waals surface area contributed by atoms with Gasteiger partial charge in [0.05, 0.1) is 28.5 Å². The van der Waals surface area contributed by atoms with Gasteiger partial charge in [0.1, 0.15) is 5.82 Å². The summed E-state index contributed by atoms with van der Waals surface area (Å²) in [5.74, 6) is 0.820. The average molecular weight is 310 g/mol. The van der Waals surface area contributed by atoms with Crippen molar-refractivity contribution in [1.29, 1.82) is 5.26 Å². The minimum atomic E-state index is 0.440. The number of nitriles is 1. The van der Waals surface area contributed by atoms with Crippen LogP contribution in [-0.2, 0) is 6.54 Å². The molecule has 0 atom stereocenters. The lowest BCUT2D eigenvalue weighted by Crippen LogP contribution is -2.00. The van der Waals surface area contributed by atoms with Crippen molar-refractivity contribution in [1.82, 2.24) is 9.55 Å². The van der Waals surface area contributed by atoms with Gasteiger partial charge in [-0.25, -0.2) is 4.98 Å². The van der Waals surface area contributed by atoms with Crippen molar-refractivity contribution in [2.75, 3.05) is 0 Å². The number of nitrogens with zero attached hydrogens (tertiary/aromatic N) is 3. The zero-order valence-corrected chi connectivity index (χ0v) is 13.4. The highest BCUT2D eigenvalue weighted by atomic mass is 35.5. The Hall–Kier alpha value is -2.31. The zero-order valence-electron chi connectivity index (χ0n) is 12.6. The number of rotatable bonds is 3. The molecule has 0 N–H and O–H groups in total. The summed E-state index contributed by atoms with van der Waals surface area (Å²) in [4.78, 5) is 4.77. The molecule has 0 amide bonds.